The molecular formula is C15H14FN3O2. The Bertz CT molecular complexity index is 731. The average molecular weight is 287 g/mol. The highest BCUT2D eigenvalue weighted by atomic mass is 19.1. The number of halogens is 1. The van der Waals surface area contributed by atoms with Gasteiger partial charge in [-0.15, -0.1) is 0 Å². The van der Waals surface area contributed by atoms with Gasteiger partial charge >= 0.3 is 5.97 Å². The van der Waals surface area contributed by atoms with E-state index in [1.807, 2.05) is 6.92 Å². The van der Waals surface area contributed by atoms with E-state index in [0.717, 1.165) is 16.8 Å². The van der Waals surface area contributed by atoms with Crippen LogP contribution in [0.4, 0.5) is 4.39 Å². The van der Waals surface area contributed by atoms with Crippen molar-refractivity contribution in [1.82, 2.24) is 15.3 Å². The first-order valence-electron chi connectivity index (χ1n) is 6.55. The van der Waals surface area contributed by atoms with Crippen LogP contribution in [-0.2, 0) is 17.8 Å². The molecule has 108 valence electrons. The Morgan fingerprint density at radius 2 is 2.14 bits per heavy atom. The molecule has 2 heterocycles. The number of hydrogen-bond donors (Lipinski definition) is 1. The fourth-order valence-electron chi connectivity index (χ4n) is 2.39. The molecule has 0 radical (unpaired) electrons. The third-order valence-corrected chi connectivity index (χ3v) is 3.51. The van der Waals surface area contributed by atoms with Crippen LogP contribution in [0.25, 0.3) is 11.4 Å². The highest BCUT2D eigenvalue weighted by molar-refractivity contribution is 5.89. The first-order chi connectivity index (χ1) is 10.1. The smallest absolute Gasteiger partial charge is 0.357 e. The van der Waals surface area contributed by atoms with Crippen LogP contribution >= 0.6 is 0 Å². The van der Waals surface area contributed by atoms with Gasteiger partial charge in [0.25, 0.3) is 0 Å². The van der Waals surface area contributed by atoms with Crippen molar-refractivity contribution in [2.24, 2.45) is 0 Å². The van der Waals surface area contributed by atoms with E-state index in [2.05, 4.69) is 15.3 Å². The summed E-state index contributed by atoms with van der Waals surface area (Å²) in [5.74, 6) is -0.528. The molecule has 1 aliphatic heterocycles. The van der Waals surface area contributed by atoms with Crippen molar-refractivity contribution in [2.45, 2.75) is 20.0 Å². The fourth-order valence-corrected chi connectivity index (χ4v) is 2.39. The third-order valence-electron chi connectivity index (χ3n) is 3.51. The molecule has 1 aromatic carbocycles. The van der Waals surface area contributed by atoms with E-state index < -0.39 is 5.97 Å². The largest absolute Gasteiger partial charge is 0.464 e. The molecule has 21 heavy (non-hydrogen) atoms. The maximum absolute atomic E-state index is 13.5. The van der Waals surface area contributed by atoms with Gasteiger partial charge < -0.3 is 10.1 Å². The van der Waals surface area contributed by atoms with Gasteiger partial charge in [0.2, 0.25) is 0 Å². The van der Waals surface area contributed by atoms with Crippen molar-refractivity contribution in [3.63, 3.8) is 0 Å². The van der Waals surface area contributed by atoms with Crippen molar-refractivity contribution in [3.05, 3.63) is 46.5 Å². The van der Waals surface area contributed by atoms with Gasteiger partial charge in [0, 0.05) is 24.2 Å². The molecular weight excluding hydrogens is 273 g/mol. The summed E-state index contributed by atoms with van der Waals surface area (Å²) in [6.45, 7) is 2.94. The van der Waals surface area contributed by atoms with Gasteiger partial charge in [-0.1, -0.05) is 6.07 Å². The summed E-state index contributed by atoms with van der Waals surface area (Å²) >= 11 is 0. The van der Waals surface area contributed by atoms with Crippen LogP contribution in [0.5, 0.6) is 0 Å². The van der Waals surface area contributed by atoms with Crippen molar-refractivity contribution in [2.75, 3.05) is 7.11 Å². The number of fused-ring (bicyclic) bond motifs is 1. The van der Waals surface area contributed by atoms with E-state index in [1.54, 1.807) is 6.07 Å². The maximum Gasteiger partial charge on any atom is 0.357 e. The van der Waals surface area contributed by atoms with Gasteiger partial charge in [0.1, 0.15) is 5.82 Å². The minimum Gasteiger partial charge on any atom is -0.464 e. The first kappa shape index (κ1) is 13.6. The van der Waals surface area contributed by atoms with E-state index in [9.17, 15) is 9.18 Å². The fraction of sp³-hybridized carbons (Fsp3) is 0.267. The normalized spacial score (nSPS) is 13.1. The molecule has 1 aliphatic rings. The Hall–Kier alpha value is -2.34. The van der Waals surface area contributed by atoms with Crippen molar-refractivity contribution >= 4 is 5.97 Å². The Balaban J connectivity index is 2.20. The highest BCUT2D eigenvalue weighted by Gasteiger charge is 2.24. The second-order valence-electron chi connectivity index (χ2n) is 4.88. The second-order valence-corrected chi connectivity index (χ2v) is 4.88. The maximum atomic E-state index is 13.5. The summed E-state index contributed by atoms with van der Waals surface area (Å²) in [5.41, 5.74) is 3.17. The van der Waals surface area contributed by atoms with Crippen LogP contribution in [0.15, 0.2) is 18.2 Å². The molecule has 0 amide bonds. The zero-order chi connectivity index (χ0) is 15.0. The minimum absolute atomic E-state index is 0.242. The lowest BCUT2D eigenvalue weighted by Gasteiger charge is -2.10. The molecule has 1 aromatic heterocycles. The van der Waals surface area contributed by atoms with Crippen LogP contribution in [-0.4, -0.2) is 23.0 Å². The number of aryl methyl sites for hydroxylation is 1. The number of benzene rings is 1. The van der Waals surface area contributed by atoms with Crippen LogP contribution in [0.3, 0.4) is 0 Å². The molecule has 0 saturated heterocycles. The zero-order valence-corrected chi connectivity index (χ0v) is 11.7. The lowest BCUT2D eigenvalue weighted by atomic mass is 10.1. The van der Waals surface area contributed by atoms with E-state index in [1.165, 1.54) is 19.2 Å². The van der Waals surface area contributed by atoms with Gasteiger partial charge in [0.05, 0.1) is 12.8 Å². The Labute approximate surface area is 121 Å². The average Bonchev–Trinajstić information content (AvgIpc) is 2.96. The van der Waals surface area contributed by atoms with Crippen molar-refractivity contribution in [1.29, 1.82) is 0 Å². The Kier molecular flexibility index (Phi) is 3.39. The molecule has 0 saturated carbocycles. The summed E-state index contributed by atoms with van der Waals surface area (Å²) < 4.78 is 18.2. The van der Waals surface area contributed by atoms with Crippen LogP contribution in [0.1, 0.15) is 27.3 Å². The Morgan fingerprint density at radius 1 is 1.33 bits per heavy atom. The van der Waals surface area contributed by atoms with E-state index >= 15 is 0 Å². The number of methoxy groups -OCH3 is 1. The van der Waals surface area contributed by atoms with E-state index in [0.29, 0.717) is 24.5 Å². The molecule has 2 aromatic rings. The highest BCUT2D eigenvalue weighted by Crippen LogP contribution is 2.25. The van der Waals surface area contributed by atoms with Gasteiger partial charge in [-0.3, -0.25) is 0 Å². The number of carbonyl (C=O) groups excluding carboxylic acids is 1. The lowest BCUT2D eigenvalue weighted by Crippen LogP contribution is -2.12. The number of nitrogens with one attached hydrogen (secondary N) is 1. The monoisotopic (exact) mass is 287 g/mol. The molecule has 0 unspecified atom stereocenters. The summed E-state index contributed by atoms with van der Waals surface area (Å²) in [4.78, 5) is 20.6. The number of nitrogens with zero attached hydrogens (tertiary/aromatic N) is 2. The molecule has 6 heteroatoms. The molecule has 1 N–H and O–H groups in total. The van der Waals surface area contributed by atoms with Gasteiger partial charge in [-0.05, 0) is 24.6 Å². The van der Waals surface area contributed by atoms with Crippen LogP contribution in [0, 0.1) is 12.7 Å². The summed E-state index contributed by atoms with van der Waals surface area (Å²) in [5, 5.41) is 3.13. The zero-order valence-electron chi connectivity index (χ0n) is 11.7. The van der Waals surface area contributed by atoms with Gasteiger partial charge in [-0.2, -0.15) is 0 Å². The summed E-state index contributed by atoms with van der Waals surface area (Å²) in [6.07, 6.45) is 0. The molecule has 5 nitrogen and oxygen atoms in total. The predicted octanol–water partition coefficient (Wildman–Crippen LogP) is 1.98. The van der Waals surface area contributed by atoms with Crippen molar-refractivity contribution in [3.8, 4) is 11.4 Å². The number of aromatic nitrogens is 2. The van der Waals surface area contributed by atoms with Crippen LogP contribution in [0.2, 0.25) is 0 Å². The third kappa shape index (κ3) is 2.38. The van der Waals surface area contributed by atoms with E-state index in [4.69, 9.17) is 4.74 Å². The number of esters is 1. The minimum atomic E-state index is -0.507. The standard InChI is InChI=1S/C15H14FN3O2/c1-8-3-4-9(16)5-10(8)14-18-12-7-17-6-11(12)13(19-14)15(20)21-2/h3-5,17H,6-7H2,1-2H3. The number of rotatable bonds is 2. The molecule has 0 spiro atoms. The second kappa shape index (κ2) is 5.21. The summed E-state index contributed by atoms with van der Waals surface area (Å²) in [6, 6.07) is 4.42. The number of ether oxygens (including phenoxy) is 1. The van der Waals surface area contributed by atoms with Gasteiger partial charge in [-0.25, -0.2) is 19.2 Å². The van der Waals surface area contributed by atoms with Crippen LogP contribution < -0.4 is 5.32 Å². The molecule has 0 bridgehead atoms. The first-order valence-corrected chi connectivity index (χ1v) is 6.55. The molecule has 0 fully saturated rings. The van der Waals surface area contributed by atoms with Gasteiger partial charge in [0.15, 0.2) is 11.5 Å². The van der Waals surface area contributed by atoms with E-state index in [-0.39, 0.29) is 11.5 Å². The topological polar surface area (TPSA) is 64.1 Å². The predicted molar refractivity (Wildman–Crippen MR) is 74.0 cm³/mol. The molecule has 3 rings (SSSR count). The molecule has 0 aliphatic carbocycles. The quantitative estimate of drug-likeness (QED) is 0.856. The lowest BCUT2D eigenvalue weighted by molar-refractivity contribution is 0.0592. The number of hydrogen-bond acceptors (Lipinski definition) is 5. The molecule has 0 atom stereocenters. The number of carbonyl (C=O) groups is 1. The summed E-state index contributed by atoms with van der Waals surface area (Å²) in [7, 11) is 1.31. The Morgan fingerprint density at radius 3 is 2.90 bits per heavy atom. The van der Waals surface area contributed by atoms with Crippen molar-refractivity contribution < 1.29 is 13.9 Å². The SMILES string of the molecule is COC(=O)c1nc(-c2cc(F)ccc2C)nc2c1CNC2.